The lowest BCUT2D eigenvalue weighted by Crippen LogP contribution is -2.25. The molecule has 0 unspecified atom stereocenters. The summed E-state index contributed by atoms with van der Waals surface area (Å²) in [5, 5.41) is 14.6. The highest BCUT2D eigenvalue weighted by Crippen LogP contribution is 2.39. The summed E-state index contributed by atoms with van der Waals surface area (Å²) in [6.07, 6.45) is 4.37. The molecule has 6 nitrogen and oxygen atoms in total. The van der Waals surface area contributed by atoms with E-state index in [-0.39, 0.29) is 5.91 Å². The van der Waals surface area contributed by atoms with E-state index in [9.17, 15) is 4.79 Å². The van der Waals surface area contributed by atoms with E-state index in [0.29, 0.717) is 35.0 Å². The van der Waals surface area contributed by atoms with Crippen LogP contribution in [0.4, 0.5) is 5.69 Å². The van der Waals surface area contributed by atoms with Crippen molar-refractivity contribution in [1.82, 2.24) is 15.5 Å². The van der Waals surface area contributed by atoms with Gasteiger partial charge in [-0.25, -0.2) is 0 Å². The lowest BCUT2D eigenvalue weighted by atomic mass is 10.2. The van der Waals surface area contributed by atoms with Gasteiger partial charge in [0.05, 0.1) is 17.1 Å². The highest BCUT2D eigenvalue weighted by atomic mass is 35.5. The third-order valence-electron chi connectivity index (χ3n) is 3.98. The van der Waals surface area contributed by atoms with Gasteiger partial charge in [0.1, 0.15) is 0 Å². The van der Waals surface area contributed by atoms with Gasteiger partial charge in [0.2, 0.25) is 11.8 Å². The van der Waals surface area contributed by atoms with Crippen LogP contribution in [0.5, 0.6) is 0 Å². The molecular formula is C16H17ClN4O2. The summed E-state index contributed by atoms with van der Waals surface area (Å²) in [7, 11) is 0. The van der Waals surface area contributed by atoms with Gasteiger partial charge in [0.15, 0.2) is 0 Å². The van der Waals surface area contributed by atoms with E-state index in [4.69, 9.17) is 16.0 Å². The molecule has 2 aliphatic carbocycles. The highest BCUT2D eigenvalue weighted by Gasteiger charge is 2.29. The summed E-state index contributed by atoms with van der Waals surface area (Å²) in [6, 6.07) is 5.61. The fourth-order valence-corrected chi connectivity index (χ4v) is 2.58. The van der Waals surface area contributed by atoms with Gasteiger partial charge in [-0.3, -0.25) is 4.79 Å². The van der Waals surface area contributed by atoms with Crippen LogP contribution >= 0.6 is 11.6 Å². The number of amides is 1. The number of aromatic nitrogens is 2. The number of rotatable bonds is 6. The number of hydrogen-bond donors (Lipinski definition) is 2. The maximum absolute atomic E-state index is 12.0. The van der Waals surface area contributed by atoms with Gasteiger partial charge in [-0.1, -0.05) is 11.6 Å². The Kier molecular flexibility index (Phi) is 3.69. The number of carbonyl (C=O) groups is 1. The summed E-state index contributed by atoms with van der Waals surface area (Å²) in [4.78, 5) is 12.0. The van der Waals surface area contributed by atoms with Crippen molar-refractivity contribution >= 4 is 23.2 Å². The zero-order valence-corrected chi connectivity index (χ0v) is 13.3. The second kappa shape index (κ2) is 5.85. The molecule has 2 aromatic rings. The quantitative estimate of drug-likeness (QED) is 0.849. The summed E-state index contributed by atoms with van der Waals surface area (Å²) in [6.45, 7) is 0.434. The minimum atomic E-state index is -0.116. The van der Waals surface area contributed by atoms with Crippen LogP contribution in [0.25, 0.3) is 0 Å². The van der Waals surface area contributed by atoms with Crippen molar-refractivity contribution in [2.45, 2.75) is 44.2 Å². The second-order valence-electron chi connectivity index (χ2n) is 6.10. The molecule has 1 amide bonds. The van der Waals surface area contributed by atoms with Crippen molar-refractivity contribution < 1.29 is 9.21 Å². The van der Waals surface area contributed by atoms with Crippen molar-refractivity contribution in [1.29, 1.82) is 0 Å². The third kappa shape index (κ3) is 3.47. The SMILES string of the molecule is O=C(NC1CC1)c1ccc(NCc2nnc(C3CC3)o2)cc1Cl. The van der Waals surface area contributed by atoms with Crippen molar-refractivity contribution in [3.05, 3.63) is 40.6 Å². The molecule has 0 radical (unpaired) electrons. The van der Waals surface area contributed by atoms with E-state index in [2.05, 4.69) is 20.8 Å². The molecule has 1 aromatic heterocycles. The molecule has 2 fully saturated rings. The molecule has 4 rings (SSSR count). The molecule has 2 saturated carbocycles. The molecule has 7 heteroatoms. The Balaban J connectivity index is 1.38. The molecule has 1 aromatic carbocycles. The van der Waals surface area contributed by atoms with Crippen LogP contribution in [0.1, 0.15) is 53.7 Å². The Morgan fingerprint density at radius 3 is 2.78 bits per heavy atom. The number of benzene rings is 1. The number of carbonyl (C=O) groups excluding carboxylic acids is 1. The minimum absolute atomic E-state index is 0.116. The fourth-order valence-electron chi connectivity index (χ4n) is 2.31. The number of hydrogen-bond acceptors (Lipinski definition) is 5. The Hall–Kier alpha value is -2.08. The average Bonchev–Trinajstić information content (AvgIpc) is 3.46. The van der Waals surface area contributed by atoms with Gasteiger partial charge < -0.3 is 15.1 Å². The van der Waals surface area contributed by atoms with Crippen molar-refractivity contribution in [2.75, 3.05) is 5.32 Å². The summed E-state index contributed by atoms with van der Waals surface area (Å²) >= 11 is 6.21. The number of anilines is 1. The third-order valence-corrected chi connectivity index (χ3v) is 4.29. The average molecular weight is 333 g/mol. The van der Waals surface area contributed by atoms with Gasteiger partial charge in [-0.15, -0.1) is 10.2 Å². The lowest BCUT2D eigenvalue weighted by Gasteiger charge is -2.08. The van der Waals surface area contributed by atoms with E-state index in [0.717, 1.165) is 37.3 Å². The van der Waals surface area contributed by atoms with Crippen LogP contribution in [0.3, 0.4) is 0 Å². The van der Waals surface area contributed by atoms with Crippen LogP contribution in [0.15, 0.2) is 22.6 Å². The topological polar surface area (TPSA) is 80.0 Å². The van der Waals surface area contributed by atoms with Crippen molar-refractivity contribution in [3.8, 4) is 0 Å². The van der Waals surface area contributed by atoms with Gasteiger partial charge in [0, 0.05) is 17.6 Å². The van der Waals surface area contributed by atoms with Crippen LogP contribution < -0.4 is 10.6 Å². The van der Waals surface area contributed by atoms with E-state index in [1.54, 1.807) is 12.1 Å². The van der Waals surface area contributed by atoms with Crippen LogP contribution in [-0.2, 0) is 6.54 Å². The second-order valence-corrected chi connectivity index (χ2v) is 6.51. The lowest BCUT2D eigenvalue weighted by molar-refractivity contribution is 0.0951. The summed E-state index contributed by atoms with van der Waals surface area (Å²) in [5.41, 5.74) is 1.31. The predicted octanol–water partition coefficient (Wildman–Crippen LogP) is 3.10. The number of nitrogens with zero attached hydrogens (tertiary/aromatic N) is 2. The Labute approximate surface area is 138 Å². The summed E-state index contributed by atoms with van der Waals surface area (Å²) < 4.78 is 5.59. The normalized spacial score (nSPS) is 17.1. The van der Waals surface area contributed by atoms with Crippen molar-refractivity contribution in [2.24, 2.45) is 0 Å². The monoisotopic (exact) mass is 332 g/mol. The molecular weight excluding hydrogens is 316 g/mol. The van der Waals surface area contributed by atoms with Crippen LogP contribution in [0, 0.1) is 0 Å². The smallest absolute Gasteiger partial charge is 0.253 e. The first kappa shape index (κ1) is 14.5. The summed E-state index contributed by atoms with van der Waals surface area (Å²) in [5.74, 6) is 1.62. The predicted molar refractivity (Wildman–Crippen MR) is 85.5 cm³/mol. The van der Waals surface area contributed by atoms with E-state index >= 15 is 0 Å². The maximum Gasteiger partial charge on any atom is 0.253 e. The largest absolute Gasteiger partial charge is 0.423 e. The maximum atomic E-state index is 12.0. The zero-order chi connectivity index (χ0) is 15.8. The number of nitrogens with one attached hydrogen (secondary N) is 2. The van der Waals surface area contributed by atoms with E-state index in [1.807, 2.05) is 6.07 Å². The zero-order valence-electron chi connectivity index (χ0n) is 12.5. The molecule has 0 aliphatic heterocycles. The van der Waals surface area contributed by atoms with Gasteiger partial charge >= 0.3 is 0 Å². The molecule has 0 saturated heterocycles. The Morgan fingerprint density at radius 2 is 2.09 bits per heavy atom. The standard InChI is InChI=1S/C16H17ClN4O2/c17-13-7-11(5-6-12(13)15(22)19-10-3-4-10)18-8-14-20-21-16(23-14)9-1-2-9/h5-7,9-10,18H,1-4,8H2,(H,19,22). The Morgan fingerprint density at radius 1 is 1.26 bits per heavy atom. The molecule has 1 heterocycles. The van der Waals surface area contributed by atoms with Gasteiger partial charge in [-0.05, 0) is 43.9 Å². The molecule has 23 heavy (non-hydrogen) atoms. The molecule has 0 spiro atoms. The van der Waals surface area contributed by atoms with E-state index in [1.165, 1.54) is 0 Å². The van der Waals surface area contributed by atoms with Crippen molar-refractivity contribution in [3.63, 3.8) is 0 Å². The first-order chi connectivity index (χ1) is 11.2. The fraction of sp³-hybridized carbons (Fsp3) is 0.438. The molecule has 0 bridgehead atoms. The van der Waals surface area contributed by atoms with Crippen LogP contribution in [0.2, 0.25) is 5.02 Å². The van der Waals surface area contributed by atoms with Gasteiger partial charge in [0.25, 0.3) is 5.91 Å². The Bertz CT molecular complexity index is 737. The number of halogens is 1. The molecule has 120 valence electrons. The molecule has 2 aliphatic rings. The van der Waals surface area contributed by atoms with Crippen LogP contribution in [-0.4, -0.2) is 22.1 Å². The first-order valence-corrected chi connectivity index (χ1v) is 8.23. The first-order valence-electron chi connectivity index (χ1n) is 7.85. The molecule has 2 N–H and O–H groups in total. The van der Waals surface area contributed by atoms with Gasteiger partial charge in [-0.2, -0.15) is 0 Å². The molecule has 0 atom stereocenters. The minimum Gasteiger partial charge on any atom is -0.423 e. The highest BCUT2D eigenvalue weighted by molar-refractivity contribution is 6.34. The van der Waals surface area contributed by atoms with E-state index < -0.39 is 0 Å².